The number of nitrogens with one attached hydrogen (secondary N) is 1. The SMILES string of the molecule is CS(=O)(=O)Nc1ccccc1C(=O)N1CC(F)(F)c2cc(Br)ccc21. The second-order valence-electron chi connectivity index (χ2n) is 5.68. The summed E-state index contributed by atoms with van der Waals surface area (Å²) in [6.45, 7) is -0.801. The molecule has 1 aliphatic heterocycles. The first-order chi connectivity index (χ1) is 11.6. The van der Waals surface area contributed by atoms with E-state index in [0.29, 0.717) is 4.47 Å². The summed E-state index contributed by atoms with van der Waals surface area (Å²) >= 11 is 3.15. The summed E-state index contributed by atoms with van der Waals surface area (Å²) in [5.74, 6) is -3.89. The molecule has 0 aliphatic carbocycles. The highest BCUT2D eigenvalue weighted by molar-refractivity contribution is 9.10. The molecule has 0 radical (unpaired) electrons. The van der Waals surface area contributed by atoms with E-state index in [2.05, 4.69) is 20.7 Å². The third-order valence-electron chi connectivity index (χ3n) is 3.70. The fourth-order valence-corrected chi connectivity index (χ4v) is 3.63. The number of carbonyl (C=O) groups excluding carboxylic acids is 1. The molecule has 2 aromatic carbocycles. The van der Waals surface area contributed by atoms with Crippen molar-refractivity contribution < 1.29 is 22.0 Å². The molecule has 1 amide bonds. The summed E-state index contributed by atoms with van der Waals surface area (Å²) in [6.07, 6.45) is 0.949. The van der Waals surface area contributed by atoms with Crippen molar-refractivity contribution in [2.75, 3.05) is 22.4 Å². The maximum absolute atomic E-state index is 14.3. The number of para-hydroxylation sites is 1. The lowest BCUT2D eigenvalue weighted by molar-refractivity contribution is 0.0138. The number of anilines is 2. The third kappa shape index (κ3) is 3.52. The highest BCUT2D eigenvalue weighted by Gasteiger charge is 2.46. The Morgan fingerprint density at radius 1 is 1.24 bits per heavy atom. The quantitative estimate of drug-likeness (QED) is 0.808. The Bertz CT molecular complexity index is 964. The van der Waals surface area contributed by atoms with Crippen LogP contribution in [0.1, 0.15) is 15.9 Å². The Kier molecular flexibility index (Phi) is 4.32. The number of benzene rings is 2. The van der Waals surface area contributed by atoms with Crippen LogP contribution in [0.3, 0.4) is 0 Å². The monoisotopic (exact) mass is 430 g/mol. The van der Waals surface area contributed by atoms with E-state index in [1.165, 1.54) is 30.3 Å². The van der Waals surface area contributed by atoms with Crippen molar-refractivity contribution in [2.45, 2.75) is 5.92 Å². The number of nitrogens with zero attached hydrogens (tertiary/aromatic N) is 1. The van der Waals surface area contributed by atoms with Crippen molar-refractivity contribution in [1.29, 1.82) is 0 Å². The number of amides is 1. The van der Waals surface area contributed by atoms with Crippen LogP contribution in [0.5, 0.6) is 0 Å². The number of fused-ring (bicyclic) bond motifs is 1. The maximum atomic E-state index is 14.3. The lowest BCUT2D eigenvalue weighted by atomic mass is 10.1. The van der Waals surface area contributed by atoms with Gasteiger partial charge in [-0.1, -0.05) is 28.1 Å². The van der Waals surface area contributed by atoms with E-state index in [1.807, 2.05) is 0 Å². The van der Waals surface area contributed by atoms with E-state index in [0.717, 1.165) is 11.2 Å². The first kappa shape index (κ1) is 17.8. The standard InChI is InChI=1S/C16H13BrF2N2O3S/c1-25(23,24)20-13-5-3-2-4-11(13)15(22)21-9-16(18,19)12-8-10(17)6-7-14(12)21/h2-8,20H,9H2,1H3. The van der Waals surface area contributed by atoms with Gasteiger partial charge < -0.3 is 4.90 Å². The van der Waals surface area contributed by atoms with Crippen molar-refractivity contribution in [1.82, 2.24) is 0 Å². The average Bonchev–Trinajstić information content (AvgIpc) is 2.77. The van der Waals surface area contributed by atoms with E-state index >= 15 is 0 Å². The zero-order chi connectivity index (χ0) is 18.4. The van der Waals surface area contributed by atoms with Crippen molar-refractivity contribution in [3.63, 3.8) is 0 Å². The Labute approximate surface area is 151 Å². The normalized spacial score (nSPS) is 15.8. The van der Waals surface area contributed by atoms with Gasteiger partial charge in [0.2, 0.25) is 10.0 Å². The Morgan fingerprint density at radius 3 is 2.60 bits per heavy atom. The van der Waals surface area contributed by atoms with Crippen LogP contribution < -0.4 is 9.62 Å². The maximum Gasteiger partial charge on any atom is 0.292 e. The number of carbonyl (C=O) groups is 1. The minimum Gasteiger partial charge on any atom is -0.301 e. The van der Waals surface area contributed by atoms with Gasteiger partial charge in [0, 0.05) is 10.0 Å². The van der Waals surface area contributed by atoms with Crippen molar-refractivity contribution in [2.24, 2.45) is 0 Å². The lowest BCUT2D eigenvalue weighted by Gasteiger charge is -2.19. The number of sulfonamides is 1. The molecule has 1 N–H and O–H groups in total. The van der Waals surface area contributed by atoms with Crippen molar-refractivity contribution in [3.05, 3.63) is 58.1 Å². The Morgan fingerprint density at radius 2 is 1.92 bits per heavy atom. The van der Waals surface area contributed by atoms with Gasteiger partial charge in [0.15, 0.2) is 0 Å². The zero-order valence-corrected chi connectivity index (χ0v) is 15.4. The van der Waals surface area contributed by atoms with Gasteiger partial charge in [-0.3, -0.25) is 9.52 Å². The van der Waals surface area contributed by atoms with E-state index in [9.17, 15) is 22.0 Å². The van der Waals surface area contributed by atoms with Gasteiger partial charge in [0.05, 0.1) is 29.7 Å². The van der Waals surface area contributed by atoms with Crippen LogP contribution in [0.25, 0.3) is 0 Å². The number of alkyl halides is 2. The summed E-state index contributed by atoms with van der Waals surface area (Å²) < 4.78 is 54.2. The number of hydrogen-bond acceptors (Lipinski definition) is 3. The summed E-state index contributed by atoms with van der Waals surface area (Å²) in [4.78, 5) is 13.8. The molecule has 25 heavy (non-hydrogen) atoms. The summed E-state index contributed by atoms with van der Waals surface area (Å²) in [7, 11) is -3.62. The molecular formula is C16H13BrF2N2O3S. The summed E-state index contributed by atoms with van der Waals surface area (Å²) in [5.41, 5.74) is -0.0977. The predicted octanol–water partition coefficient (Wildman–Crippen LogP) is 3.57. The molecule has 3 rings (SSSR count). The number of rotatable bonds is 3. The van der Waals surface area contributed by atoms with E-state index < -0.39 is 28.4 Å². The van der Waals surface area contributed by atoms with Gasteiger partial charge >= 0.3 is 0 Å². The average molecular weight is 431 g/mol. The van der Waals surface area contributed by atoms with Crippen LogP contribution in [0.4, 0.5) is 20.2 Å². The van der Waals surface area contributed by atoms with Crippen LogP contribution in [0.15, 0.2) is 46.9 Å². The molecule has 0 saturated heterocycles. The molecule has 2 aromatic rings. The van der Waals surface area contributed by atoms with Crippen molar-refractivity contribution >= 4 is 43.2 Å². The molecule has 9 heteroatoms. The molecule has 5 nitrogen and oxygen atoms in total. The molecule has 0 aromatic heterocycles. The predicted molar refractivity (Wildman–Crippen MR) is 94.6 cm³/mol. The number of hydrogen-bond donors (Lipinski definition) is 1. The highest BCUT2D eigenvalue weighted by Crippen LogP contribution is 2.45. The first-order valence-corrected chi connectivity index (χ1v) is 9.83. The van der Waals surface area contributed by atoms with E-state index in [4.69, 9.17) is 0 Å². The summed E-state index contributed by atoms with van der Waals surface area (Å²) in [5, 5.41) is 0. The van der Waals surface area contributed by atoms with Gasteiger partial charge in [-0.2, -0.15) is 8.78 Å². The van der Waals surface area contributed by atoms with Crippen LogP contribution >= 0.6 is 15.9 Å². The second-order valence-corrected chi connectivity index (χ2v) is 8.34. The smallest absolute Gasteiger partial charge is 0.292 e. The molecule has 1 aliphatic rings. The van der Waals surface area contributed by atoms with Gasteiger partial charge in [-0.15, -0.1) is 0 Å². The van der Waals surface area contributed by atoms with Crippen LogP contribution in [-0.4, -0.2) is 27.1 Å². The number of halogens is 3. The zero-order valence-electron chi connectivity index (χ0n) is 13.0. The van der Waals surface area contributed by atoms with Gasteiger partial charge in [-0.25, -0.2) is 8.42 Å². The highest BCUT2D eigenvalue weighted by atomic mass is 79.9. The molecule has 0 atom stereocenters. The lowest BCUT2D eigenvalue weighted by Crippen LogP contribution is -2.33. The van der Waals surface area contributed by atoms with Gasteiger partial charge in [-0.05, 0) is 30.3 Å². The fourth-order valence-electron chi connectivity index (χ4n) is 2.69. The van der Waals surface area contributed by atoms with Crippen LogP contribution in [0, 0.1) is 0 Å². The first-order valence-electron chi connectivity index (χ1n) is 7.15. The molecule has 0 saturated carbocycles. The van der Waals surface area contributed by atoms with Gasteiger partial charge in [0.1, 0.15) is 0 Å². The Hall–Kier alpha value is -2.00. The summed E-state index contributed by atoms with van der Waals surface area (Å²) in [6, 6.07) is 10.2. The molecule has 0 spiro atoms. The second kappa shape index (κ2) is 6.06. The van der Waals surface area contributed by atoms with Crippen LogP contribution in [0.2, 0.25) is 0 Å². The minimum atomic E-state index is -3.62. The van der Waals surface area contributed by atoms with Crippen LogP contribution in [-0.2, 0) is 15.9 Å². The third-order valence-corrected chi connectivity index (χ3v) is 4.78. The van der Waals surface area contributed by atoms with Crippen molar-refractivity contribution in [3.8, 4) is 0 Å². The molecule has 0 bridgehead atoms. The fraction of sp³-hybridized carbons (Fsp3) is 0.188. The molecular weight excluding hydrogens is 418 g/mol. The molecule has 0 fully saturated rings. The molecule has 132 valence electrons. The van der Waals surface area contributed by atoms with E-state index in [1.54, 1.807) is 12.1 Å². The van der Waals surface area contributed by atoms with Gasteiger partial charge in [0.25, 0.3) is 11.8 Å². The Balaban J connectivity index is 2.04. The molecule has 0 unspecified atom stereocenters. The topological polar surface area (TPSA) is 66.5 Å². The minimum absolute atomic E-state index is 0.000469. The van der Waals surface area contributed by atoms with E-state index in [-0.39, 0.29) is 22.5 Å². The molecule has 1 heterocycles. The largest absolute Gasteiger partial charge is 0.301 e.